The molecule has 2 aromatic carbocycles. The van der Waals surface area contributed by atoms with Crippen LogP contribution in [0.15, 0.2) is 60.0 Å². The summed E-state index contributed by atoms with van der Waals surface area (Å²) in [6.07, 6.45) is 2.55. The van der Waals surface area contributed by atoms with E-state index in [-0.39, 0.29) is 11.5 Å². The number of benzene rings is 2. The van der Waals surface area contributed by atoms with Crippen molar-refractivity contribution < 1.29 is 24.5 Å². The highest BCUT2D eigenvalue weighted by Crippen LogP contribution is 2.43. The first kappa shape index (κ1) is 19.9. The molecule has 0 aliphatic rings. The standard InChI is InChI=1S/C23H16O5S2/c1-13-10-11-29-22(13)20(27)23-21(17-8-5-15(24)12-18(17)30-23)28-16-6-2-14(3-7-16)4-9-19(25)26/h2-12,24H,1H3,(H,25,26)/b9-4+. The number of carboxylic acid groups (broad SMARTS) is 1. The summed E-state index contributed by atoms with van der Waals surface area (Å²) in [5.41, 5.74) is 1.63. The number of ketones is 1. The normalized spacial score (nSPS) is 11.2. The molecule has 0 unspecified atom stereocenters. The number of hydrogen-bond donors (Lipinski definition) is 2. The average Bonchev–Trinajstić information content (AvgIpc) is 3.30. The van der Waals surface area contributed by atoms with Gasteiger partial charge in [-0.1, -0.05) is 12.1 Å². The molecule has 4 rings (SSSR count). The van der Waals surface area contributed by atoms with Gasteiger partial charge in [0.15, 0.2) is 5.75 Å². The highest BCUT2D eigenvalue weighted by Gasteiger charge is 2.24. The maximum atomic E-state index is 13.2. The first-order chi connectivity index (χ1) is 14.4. The molecule has 2 N–H and O–H groups in total. The van der Waals surface area contributed by atoms with E-state index < -0.39 is 5.97 Å². The Kier molecular flexibility index (Phi) is 5.39. The molecule has 0 aliphatic carbocycles. The summed E-state index contributed by atoms with van der Waals surface area (Å²) in [5.74, 6) is -0.0421. The van der Waals surface area contributed by atoms with E-state index in [0.717, 1.165) is 27.3 Å². The molecule has 30 heavy (non-hydrogen) atoms. The van der Waals surface area contributed by atoms with Gasteiger partial charge in [0, 0.05) is 16.2 Å². The molecule has 0 bridgehead atoms. The molecule has 2 aromatic heterocycles. The van der Waals surface area contributed by atoms with Gasteiger partial charge < -0.3 is 14.9 Å². The summed E-state index contributed by atoms with van der Waals surface area (Å²) >= 11 is 2.67. The second kappa shape index (κ2) is 8.14. The van der Waals surface area contributed by atoms with Crippen LogP contribution < -0.4 is 4.74 Å². The minimum Gasteiger partial charge on any atom is -0.508 e. The van der Waals surface area contributed by atoms with Crippen LogP contribution in [0.3, 0.4) is 0 Å². The number of phenolic OH excluding ortho intramolecular Hbond substituents is 1. The number of thiophene rings is 2. The fourth-order valence-corrected chi connectivity index (χ4v) is 5.00. The Bertz CT molecular complexity index is 1280. The van der Waals surface area contributed by atoms with Crippen molar-refractivity contribution in [1.29, 1.82) is 0 Å². The van der Waals surface area contributed by atoms with E-state index in [1.54, 1.807) is 42.5 Å². The number of phenols is 1. The summed E-state index contributed by atoms with van der Waals surface area (Å²) < 4.78 is 6.87. The number of rotatable bonds is 6. The SMILES string of the molecule is Cc1ccsc1C(=O)c1sc2cc(O)ccc2c1Oc1ccc(/C=C/C(=O)O)cc1. The molecule has 7 heteroatoms. The van der Waals surface area contributed by atoms with E-state index >= 15 is 0 Å². The lowest BCUT2D eigenvalue weighted by molar-refractivity contribution is -0.131. The molecule has 4 aromatic rings. The van der Waals surface area contributed by atoms with Crippen LogP contribution >= 0.6 is 22.7 Å². The number of aryl methyl sites for hydroxylation is 1. The predicted octanol–water partition coefficient (Wildman–Crippen LogP) is 6.10. The van der Waals surface area contributed by atoms with Crippen molar-refractivity contribution in [2.24, 2.45) is 0 Å². The Balaban J connectivity index is 1.75. The molecule has 150 valence electrons. The van der Waals surface area contributed by atoms with Crippen LogP contribution in [0, 0.1) is 6.92 Å². The third kappa shape index (κ3) is 3.98. The second-order valence-electron chi connectivity index (χ2n) is 6.55. The molecule has 0 atom stereocenters. The highest BCUT2D eigenvalue weighted by atomic mass is 32.1. The molecule has 0 amide bonds. The van der Waals surface area contributed by atoms with Gasteiger partial charge in [0.25, 0.3) is 0 Å². The number of aromatic hydroxyl groups is 1. The zero-order chi connectivity index (χ0) is 21.3. The molecule has 0 spiro atoms. The molecule has 5 nitrogen and oxygen atoms in total. The van der Waals surface area contributed by atoms with Crippen LogP contribution in [-0.4, -0.2) is 22.0 Å². The fraction of sp³-hybridized carbons (Fsp3) is 0.0435. The van der Waals surface area contributed by atoms with Gasteiger partial charge in [-0.25, -0.2) is 4.79 Å². The minimum atomic E-state index is -1.02. The Morgan fingerprint density at radius 1 is 1.03 bits per heavy atom. The third-order valence-corrected chi connectivity index (χ3v) is 6.57. The van der Waals surface area contributed by atoms with E-state index in [9.17, 15) is 14.7 Å². The first-order valence-corrected chi connectivity index (χ1v) is 10.7. The highest BCUT2D eigenvalue weighted by molar-refractivity contribution is 7.22. The number of aliphatic carboxylic acids is 1. The Morgan fingerprint density at radius 3 is 2.47 bits per heavy atom. The lowest BCUT2D eigenvalue weighted by Gasteiger charge is -2.08. The quantitative estimate of drug-likeness (QED) is 0.282. The van der Waals surface area contributed by atoms with E-state index in [2.05, 4.69) is 0 Å². The topological polar surface area (TPSA) is 83.8 Å². The van der Waals surface area contributed by atoms with Crippen molar-refractivity contribution in [2.75, 3.05) is 0 Å². The summed E-state index contributed by atoms with van der Waals surface area (Å²) in [5, 5.41) is 21.2. The van der Waals surface area contributed by atoms with Gasteiger partial charge >= 0.3 is 5.97 Å². The zero-order valence-corrected chi connectivity index (χ0v) is 17.4. The second-order valence-corrected chi connectivity index (χ2v) is 8.51. The van der Waals surface area contributed by atoms with E-state index in [4.69, 9.17) is 9.84 Å². The molecule has 2 heterocycles. The van der Waals surface area contributed by atoms with Crippen molar-refractivity contribution in [3.8, 4) is 17.2 Å². The van der Waals surface area contributed by atoms with Gasteiger partial charge in [-0.15, -0.1) is 22.7 Å². The van der Waals surface area contributed by atoms with Crippen molar-refractivity contribution in [2.45, 2.75) is 6.92 Å². The van der Waals surface area contributed by atoms with Crippen LogP contribution in [0.25, 0.3) is 16.2 Å². The predicted molar refractivity (Wildman–Crippen MR) is 119 cm³/mol. The van der Waals surface area contributed by atoms with Crippen LogP contribution in [-0.2, 0) is 4.79 Å². The van der Waals surface area contributed by atoms with Gasteiger partial charge in [0.2, 0.25) is 5.78 Å². The largest absolute Gasteiger partial charge is 0.508 e. The Hall–Kier alpha value is -3.42. The van der Waals surface area contributed by atoms with Crippen LogP contribution in [0.4, 0.5) is 0 Å². The van der Waals surface area contributed by atoms with Crippen LogP contribution in [0.1, 0.15) is 25.7 Å². The van der Waals surface area contributed by atoms with Crippen molar-refractivity contribution in [3.05, 3.63) is 80.9 Å². The summed E-state index contributed by atoms with van der Waals surface area (Å²) in [4.78, 5) is 25.0. The Morgan fingerprint density at radius 2 is 1.80 bits per heavy atom. The smallest absolute Gasteiger partial charge is 0.328 e. The number of ether oxygens (including phenoxy) is 1. The maximum absolute atomic E-state index is 13.2. The van der Waals surface area contributed by atoms with Crippen molar-refractivity contribution >= 4 is 50.6 Å². The van der Waals surface area contributed by atoms with Gasteiger partial charge in [0.05, 0.1) is 4.88 Å². The third-order valence-electron chi connectivity index (χ3n) is 4.42. The van der Waals surface area contributed by atoms with E-state index in [0.29, 0.717) is 21.3 Å². The summed E-state index contributed by atoms with van der Waals surface area (Å²) in [6.45, 7) is 1.90. The van der Waals surface area contributed by atoms with Crippen molar-refractivity contribution in [1.82, 2.24) is 0 Å². The fourth-order valence-electron chi connectivity index (χ4n) is 2.95. The van der Waals surface area contributed by atoms with Crippen LogP contribution in [0.2, 0.25) is 0 Å². The lowest BCUT2D eigenvalue weighted by Crippen LogP contribution is -2.00. The average molecular weight is 437 g/mol. The zero-order valence-electron chi connectivity index (χ0n) is 15.8. The summed E-state index contributed by atoms with van der Waals surface area (Å²) in [6, 6.07) is 13.7. The number of carboxylic acids is 1. The number of hydrogen-bond acceptors (Lipinski definition) is 6. The number of carbonyl (C=O) groups is 2. The molecule has 0 radical (unpaired) electrons. The molecule has 0 saturated carbocycles. The molecule has 0 saturated heterocycles. The van der Waals surface area contributed by atoms with E-state index in [1.807, 2.05) is 18.4 Å². The van der Waals surface area contributed by atoms with Crippen LogP contribution in [0.5, 0.6) is 17.2 Å². The van der Waals surface area contributed by atoms with Gasteiger partial charge in [-0.2, -0.15) is 0 Å². The van der Waals surface area contributed by atoms with E-state index in [1.165, 1.54) is 28.7 Å². The Labute approximate surface area is 180 Å². The maximum Gasteiger partial charge on any atom is 0.328 e. The molecular weight excluding hydrogens is 420 g/mol. The summed E-state index contributed by atoms with van der Waals surface area (Å²) in [7, 11) is 0. The number of fused-ring (bicyclic) bond motifs is 1. The molecule has 0 aliphatic heterocycles. The lowest BCUT2D eigenvalue weighted by atomic mass is 10.1. The molecular formula is C23H16O5S2. The van der Waals surface area contributed by atoms with Crippen molar-refractivity contribution in [3.63, 3.8) is 0 Å². The van der Waals surface area contributed by atoms with Gasteiger partial charge in [0.1, 0.15) is 16.4 Å². The minimum absolute atomic E-state index is 0.112. The van der Waals surface area contributed by atoms with Gasteiger partial charge in [-0.05, 0) is 65.9 Å². The molecule has 0 fully saturated rings. The van der Waals surface area contributed by atoms with Gasteiger partial charge in [-0.3, -0.25) is 4.79 Å². The monoisotopic (exact) mass is 436 g/mol. The first-order valence-electron chi connectivity index (χ1n) is 8.95. The number of carbonyl (C=O) groups excluding carboxylic acids is 1.